The minimum Gasteiger partial charge on any atom is -0.348 e. The summed E-state index contributed by atoms with van der Waals surface area (Å²) in [5.41, 5.74) is 1.77. The molecule has 2 rings (SSSR count). The number of carbonyl (C=O) groups is 2. The SMILES string of the molecule is CCC[C@H](NC(=O)CN(C)CC(=O)Nc1ccc(Cl)cc1)c1ccccc1. The van der Waals surface area contributed by atoms with Gasteiger partial charge in [-0.2, -0.15) is 0 Å². The van der Waals surface area contributed by atoms with Crippen molar-refractivity contribution in [2.75, 3.05) is 25.5 Å². The molecule has 2 aromatic rings. The normalized spacial score (nSPS) is 11.9. The number of amides is 2. The quantitative estimate of drug-likeness (QED) is 0.686. The Morgan fingerprint density at radius 1 is 1.00 bits per heavy atom. The van der Waals surface area contributed by atoms with Gasteiger partial charge in [-0.05, 0) is 43.3 Å². The van der Waals surface area contributed by atoms with Gasteiger partial charge < -0.3 is 10.6 Å². The molecule has 2 amide bonds. The molecule has 144 valence electrons. The molecular weight excluding hydrogens is 362 g/mol. The third-order valence-corrected chi connectivity index (χ3v) is 4.32. The van der Waals surface area contributed by atoms with Gasteiger partial charge in [0.1, 0.15) is 0 Å². The van der Waals surface area contributed by atoms with Gasteiger partial charge in [-0.3, -0.25) is 14.5 Å². The van der Waals surface area contributed by atoms with Gasteiger partial charge in [0.25, 0.3) is 0 Å². The van der Waals surface area contributed by atoms with Crippen LogP contribution in [0.5, 0.6) is 0 Å². The average Bonchev–Trinajstić information content (AvgIpc) is 2.63. The van der Waals surface area contributed by atoms with Gasteiger partial charge in [-0.25, -0.2) is 0 Å². The number of hydrogen-bond donors (Lipinski definition) is 2. The van der Waals surface area contributed by atoms with Crippen molar-refractivity contribution in [2.45, 2.75) is 25.8 Å². The van der Waals surface area contributed by atoms with Gasteiger partial charge in [0.2, 0.25) is 11.8 Å². The zero-order valence-electron chi connectivity index (χ0n) is 15.7. The van der Waals surface area contributed by atoms with E-state index in [1.807, 2.05) is 30.3 Å². The Bertz CT molecular complexity index is 735. The summed E-state index contributed by atoms with van der Waals surface area (Å²) in [6.07, 6.45) is 1.84. The fourth-order valence-electron chi connectivity index (χ4n) is 2.82. The standard InChI is InChI=1S/C21H26ClN3O2/c1-3-7-19(16-8-5-4-6-9-16)24-21(27)15-25(2)14-20(26)23-18-12-10-17(22)11-13-18/h4-6,8-13,19H,3,7,14-15H2,1-2H3,(H,23,26)(H,24,27)/t19-/m0/s1. The highest BCUT2D eigenvalue weighted by atomic mass is 35.5. The number of rotatable bonds is 9. The fraction of sp³-hybridized carbons (Fsp3) is 0.333. The number of benzene rings is 2. The van der Waals surface area contributed by atoms with Crippen LogP contribution in [-0.2, 0) is 9.59 Å². The van der Waals surface area contributed by atoms with Crippen LogP contribution < -0.4 is 10.6 Å². The Balaban J connectivity index is 1.82. The molecular formula is C21H26ClN3O2. The molecule has 0 spiro atoms. The van der Waals surface area contributed by atoms with E-state index >= 15 is 0 Å². The van der Waals surface area contributed by atoms with Crippen molar-refractivity contribution in [3.63, 3.8) is 0 Å². The van der Waals surface area contributed by atoms with Crippen molar-refractivity contribution < 1.29 is 9.59 Å². The minimum atomic E-state index is -0.180. The molecule has 0 aliphatic carbocycles. The second kappa shape index (κ2) is 10.7. The van der Waals surface area contributed by atoms with Gasteiger partial charge in [0.15, 0.2) is 0 Å². The first-order chi connectivity index (χ1) is 13.0. The molecule has 2 aromatic carbocycles. The van der Waals surface area contributed by atoms with Gasteiger partial charge in [0, 0.05) is 10.7 Å². The maximum absolute atomic E-state index is 12.4. The fourth-order valence-corrected chi connectivity index (χ4v) is 2.94. The smallest absolute Gasteiger partial charge is 0.238 e. The maximum Gasteiger partial charge on any atom is 0.238 e. The van der Waals surface area contributed by atoms with E-state index in [4.69, 9.17) is 11.6 Å². The molecule has 5 nitrogen and oxygen atoms in total. The molecule has 0 saturated heterocycles. The first-order valence-electron chi connectivity index (χ1n) is 9.06. The monoisotopic (exact) mass is 387 g/mol. The van der Waals surface area contributed by atoms with Crippen LogP contribution in [0.2, 0.25) is 5.02 Å². The van der Waals surface area contributed by atoms with E-state index in [9.17, 15) is 9.59 Å². The van der Waals surface area contributed by atoms with Crippen molar-refractivity contribution >= 4 is 29.1 Å². The van der Waals surface area contributed by atoms with E-state index < -0.39 is 0 Å². The molecule has 0 fully saturated rings. The highest BCUT2D eigenvalue weighted by Gasteiger charge is 2.16. The van der Waals surface area contributed by atoms with E-state index in [1.54, 1.807) is 36.2 Å². The Hall–Kier alpha value is -2.37. The molecule has 0 saturated carbocycles. The van der Waals surface area contributed by atoms with Crippen molar-refractivity contribution in [3.8, 4) is 0 Å². The number of carbonyl (C=O) groups excluding carboxylic acids is 2. The van der Waals surface area contributed by atoms with Crippen LogP contribution in [0.15, 0.2) is 54.6 Å². The van der Waals surface area contributed by atoms with Gasteiger partial charge in [-0.15, -0.1) is 0 Å². The summed E-state index contributed by atoms with van der Waals surface area (Å²) >= 11 is 5.83. The largest absolute Gasteiger partial charge is 0.348 e. The lowest BCUT2D eigenvalue weighted by atomic mass is 10.0. The third kappa shape index (κ3) is 7.41. The van der Waals surface area contributed by atoms with Crippen LogP contribution in [0, 0.1) is 0 Å². The van der Waals surface area contributed by atoms with E-state index in [-0.39, 0.29) is 30.9 Å². The van der Waals surface area contributed by atoms with Crippen LogP contribution in [0.25, 0.3) is 0 Å². The second-order valence-electron chi connectivity index (χ2n) is 6.55. The summed E-state index contributed by atoms with van der Waals surface area (Å²) in [6.45, 7) is 2.37. The highest BCUT2D eigenvalue weighted by molar-refractivity contribution is 6.30. The Kier molecular flexibility index (Phi) is 8.30. The van der Waals surface area contributed by atoms with E-state index in [0.29, 0.717) is 10.7 Å². The number of halogens is 1. The Morgan fingerprint density at radius 2 is 1.63 bits per heavy atom. The number of hydrogen-bond acceptors (Lipinski definition) is 3. The highest BCUT2D eigenvalue weighted by Crippen LogP contribution is 2.18. The lowest BCUT2D eigenvalue weighted by molar-refractivity contribution is -0.123. The number of nitrogens with zero attached hydrogens (tertiary/aromatic N) is 1. The van der Waals surface area contributed by atoms with E-state index in [0.717, 1.165) is 18.4 Å². The number of nitrogens with one attached hydrogen (secondary N) is 2. The van der Waals surface area contributed by atoms with E-state index in [2.05, 4.69) is 17.6 Å². The predicted octanol–water partition coefficient (Wildman–Crippen LogP) is 3.87. The van der Waals surface area contributed by atoms with Crippen molar-refractivity contribution in [1.82, 2.24) is 10.2 Å². The van der Waals surface area contributed by atoms with Gasteiger partial charge >= 0.3 is 0 Å². The molecule has 1 atom stereocenters. The molecule has 0 radical (unpaired) electrons. The third-order valence-electron chi connectivity index (χ3n) is 4.07. The summed E-state index contributed by atoms with van der Waals surface area (Å²) < 4.78 is 0. The number of likely N-dealkylation sites (N-methyl/N-ethyl adjacent to an activating group) is 1. The molecule has 0 aromatic heterocycles. The predicted molar refractivity (Wildman–Crippen MR) is 110 cm³/mol. The van der Waals surface area contributed by atoms with Crippen LogP contribution >= 0.6 is 11.6 Å². The lowest BCUT2D eigenvalue weighted by Crippen LogP contribution is -2.40. The van der Waals surface area contributed by atoms with Gasteiger partial charge in [-0.1, -0.05) is 55.3 Å². The average molecular weight is 388 g/mol. The van der Waals surface area contributed by atoms with Crippen molar-refractivity contribution in [1.29, 1.82) is 0 Å². The molecule has 6 heteroatoms. The summed E-state index contributed by atoms with van der Waals surface area (Å²) in [6, 6.07) is 16.8. The maximum atomic E-state index is 12.4. The minimum absolute atomic E-state index is 0.0139. The zero-order valence-corrected chi connectivity index (χ0v) is 16.5. The Morgan fingerprint density at radius 3 is 2.26 bits per heavy atom. The molecule has 0 bridgehead atoms. The first kappa shape index (κ1) is 20.9. The molecule has 0 aliphatic rings. The van der Waals surface area contributed by atoms with Crippen LogP contribution in [0.3, 0.4) is 0 Å². The van der Waals surface area contributed by atoms with Crippen molar-refractivity contribution in [2.24, 2.45) is 0 Å². The summed E-state index contributed by atoms with van der Waals surface area (Å²) in [5, 5.41) is 6.47. The van der Waals surface area contributed by atoms with Crippen LogP contribution in [0.1, 0.15) is 31.4 Å². The van der Waals surface area contributed by atoms with Gasteiger partial charge in [0.05, 0.1) is 19.1 Å². The molecule has 0 heterocycles. The summed E-state index contributed by atoms with van der Waals surface area (Å²) in [5.74, 6) is -0.278. The topological polar surface area (TPSA) is 61.4 Å². The zero-order chi connectivity index (χ0) is 19.6. The Labute approximate surface area is 165 Å². The molecule has 2 N–H and O–H groups in total. The molecule has 0 unspecified atom stereocenters. The number of anilines is 1. The molecule has 0 aliphatic heterocycles. The second-order valence-corrected chi connectivity index (χ2v) is 6.98. The summed E-state index contributed by atoms with van der Waals surface area (Å²) in [4.78, 5) is 26.2. The lowest BCUT2D eigenvalue weighted by Gasteiger charge is -2.21. The molecule has 27 heavy (non-hydrogen) atoms. The van der Waals surface area contributed by atoms with Crippen LogP contribution in [0.4, 0.5) is 5.69 Å². The van der Waals surface area contributed by atoms with Crippen molar-refractivity contribution in [3.05, 3.63) is 65.2 Å². The first-order valence-corrected chi connectivity index (χ1v) is 9.44. The summed E-state index contributed by atoms with van der Waals surface area (Å²) in [7, 11) is 1.75. The van der Waals surface area contributed by atoms with Crippen LogP contribution in [-0.4, -0.2) is 36.9 Å². The van der Waals surface area contributed by atoms with E-state index in [1.165, 1.54) is 0 Å².